The molecular weight excluding hydrogens is 256 g/mol. The zero-order chi connectivity index (χ0) is 15.1. The minimum atomic E-state index is -0.521. The van der Waals surface area contributed by atoms with Gasteiger partial charge >= 0.3 is 5.97 Å². The van der Waals surface area contributed by atoms with Gasteiger partial charge in [0.2, 0.25) is 0 Å². The molecule has 0 unspecified atom stereocenters. The number of aliphatic hydroxyl groups excluding tert-OH is 1. The average molecular weight is 278 g/mol. The van der Waals surface area contributed by atoms with E-state index in [0.29, 0.717) is 12.8 Å². The molecule has 4 atom stereocenters. The van der Waals surface area contributed by atoms with Gasteiger partial charge in [-0.2, -0.15) is 0 Å². The van der Waals surface area contributed by atoms with Gasteiger partial charge in [0.05, 0.1) is 19.1 Å². The zero-order valence-corrected chi connectivity index (χ0v) is 12.3. The number of methoxy groups -OCH3 is 1. The van der Waals surface area contributed by atoms with E-state index >= 15 is 0 Å². The number of aliphatic hydroxyl groups is 1. The summed E-state index contributed by atoms with van der Waals surface area (Å²) in [6, 6.07) is 0. The summed E-state index contributed by atoms with van der Waals surface area (Å²) in [7, 11) is 1.30. The summed E-state index contributed by atoms with van der Waals surface area (Å²) >= 11 is 0. The van der Waals surface area contributed by atoms with Crippen molar-refractivity contribution in [3.05, 3.63) is 23.8 Å². The molecule has 0 amide bonds. The molecule has 2 aliphatic carbocycles. The molecule has 2 rings (SSSR count). The van der Waals surface area contributed by atoms with E-state index in [-0.39, 0.29) is 28.8 Å². The average Bonchev–Trinajstić information content (AvgIpc) is 2.39. The van der Waals surface area contributed by atoms with Gasteiger partial charge in [-0.3, -0.25) is 4.79 Å². The molecule has 4 heteroatoms. The fraction of sp³-hybridized carbons (Fsp3) is 0.625. The lowest BCUT2D eigenvalue weighted by molar-refractivity contribution is -0.138. The minimum absolute atomic E-state index is 0.103. The van der Waals surface area contributed by atoms with Crippen LogP contribution in [0.1, 0.15) is 33.1 Å². The zero-order valence-electron chi connectivity index (χ0n) is 12.3. The van der Waals surface area contributed by atoms with Crippen molar-refractivity contribution in [1.82, 2.24) is 0 Å². The van der Waals surface area contributed by atoms with Crippen molar-refractivity contribution < 1.29 is 19.4 Å². The highest BCUT2D eigenvalue weighted by molar-refractivity contribution is 6.02. The normalized spacial score (nSPS) is 36.9. The van der Waals surface area contributed by atoms with E-state index in [1.54, 1.807) is 6.08 Å². The first-order valence-corrected chi connectivity index (χ1v) is 6.99. The number of hydrogen-bond donors (Lipinski definition) is 1. The number of carbonyl (C=O) groups is 2. The van der Waals surface area contributed by atoms with Crippen LogP contribution < -0.4 is 0 Å². The van der Waals surface area contributed by atoms with Crippen LogP contribution >= 0.6 is 0 Å². The molecule has 0 radical (unpaired) electrons. The second-order valence-electron chi connectivity index (χ2n) is 6.26. The lowest BCUT2D eigenvalue weighted by atomic mass is 9.57. The first-order chi connectivity index (χ1) is 9.29. The molecule has 0 aromatic heterocycles. The van der Waals surface area contributed by atoms with Crippen LogP contribution in [0.2, 0.25) is 0 Å². The molecule has 1 N–H and O–H groups in total. The van der Waals surface area contributed by atoms with Gasteiger partial charge in [-0.25, -0.2) is 4.79 Å². The largest absolute Gasteiger partial charge is 0.466 e. The standard InChI is InChI=1S/C16H22O4/c1-9-5-12(17)6-11-7-14(18)13(8-16(9,11)3)10(2)15(19)20-4/h7,9,12-13,17H,2,5-6,8H2,1,3-4H3/t9-,12+,13-,16+/m0/s1. The topological polar surface area (TPSA) is 63.6 Å². The van der Waals surface area contributed by atoms with Crippen LogP contribution in [0.15, 0.2) is 23.8 Å². The highest BCUT2D eigenvalue weighted by Gasteiger charge is 2.47. The van der Waals surface area contributed by atoms with Gasteiger partial charge in [0.15, 0.2) is 5.78 Å². The predicted molar refractivity (Wildman–Crippen MR) is 74.9 cm³/mol. The van der Waals surface area contributed by atoms with Crippen LogP contribution in [0, 0.1) is 17.3 Å². The Hall–Kier alpha value is -1.42. The Morgan fingerprint density at radius 2 is 2.20 bits per heavy atom. The molecule has 0 bridgehead atoms. The van der Waals surface area contributed by atoms with Gasteiger partial charge in [-0.05, 0) is 36.7 Å². The monoisotopic (exact) mass is 278 g/mol. The van der Waals surface area contributed by atoms with Crippen LogP contribution in [-0.4, -0.2) is 30.1 Å². The first kappa shape index (κ1) is 15.0. The van der Waals surface area contributed by atoms with Gasteiger partial charge in [0, 0.05) is 5.57 Å². The molecule has 0 heterocycles. The fourth-order valence-corrected chi connectivity index (χ4v) is 3.48. The lowest BCUT2D eigenvalue weighted by Gasteiger charge is -2.47. The maximum Gasteiger partial charge on any atom is 0.333 e. The Balaban J connectivity index is 2.33. The number of rotatable bonds is 2. The van der Waals surface area contributed by atoms with E-state index in [9.17, 15) is 14.7 Å². The Bertz CT molecular complexity index is 491. The summed E-state index contributed by atoms with van der Waals surface area (Å²) in [5.74, 6) is -0.867. The quantitative estimate of drug-likeness (QED) is 0.620. The van der Waals surface area contributed by atoms with Crippen molar-refractivity contribution in [2.75, 3.05) is 7.11 Å². The van der Waals surface area contributed by atoms with E-state index in [2.05, 4.69) is 25.2 Å². The van der Waals surface area contributed by atoms with Gasteiger partial charge < -0.3 is 9.84 Å². The molecule has 110 valence electrons. The van der Waals surface area contributed by atoms with Crippen LogP contribution in [-0.2, 0) is 14.3 Å². The molecule has 0 spiro atoms. The Morgan fingerprint density at radius 3 is 2.80 bits per heavy atom. The van der Waals surface area contributed by atoms with Crippen molar-refractivity contribution in [3.8, 4) is 0 Å². The van der Waals surface area contributed by atoms with E-state index in [0.717, 1.165) is 12.0 Å². The molecular formula is C16H22O4. The molecule has 1 saturated carbocycles. The number of esters is 1. The highest BCUT2D eigenvalue weighted by atomic mass is 16.5. The second kappa shape index (κ2) is 5.17. The summed E-state index contributed by atoms with van der Waals surface area (Å²) in [6.45, 7) is 7.93. The van der Waals surface area contributed by atoms with Crippen molar-refractivity contribution in [3.63, 3.8) is 0 Å². The fourth-order valence-electron chi connectivity index (χ4n) is 3.48. The van der Waals surface area contributed by atoms with E-state index < -0.39 is 11.9 Å². The maximum absolute atomic E-state index is 12.2. The Morgan fingerprint density at radius 1 is 1.55 bits per heavy atom. The van der Waals surface area contributed by atoms with Crippen LogP contribution in [0.4, 0.5) is 0 Å². The molecule has 0 saturated heterocycles. The molecule has 20 heavy (non-hydrogen) atoms. The van der Waals surface area contributed by atoms with Gasteiger partial charge in [-0.1, -0.05) is 26.0 Å². The number of ketones is 1. The van der Waals surface area contributed by atoms with Crippen molar-refractivity contribution in [2.24, 2.45) is 17.3 Å². The van der Waals surface area contributed by atoms with Gasteiger partial charge in [0.1, 0.15) is 0 Å². The molecule has 2 aliphatic rings. The second-order valence-corrected chi connectivity index (χ2v) is 6.26. The van der Waals surface area contributed by atoms with Crippen molar-refractivity contribution >= 4 is 11.8 Å². The maximum atomic E-state index is 12.2. The summed E-state index contributed by atoms with van der Waals surface area (Å²) in [6.07, 6.45) is 3.07. The molecule has 1 fully saturated rings. The SMILES string of the molecule is C=C(C(=O)OC)[C@@H]1C[C@@]2(C)C(=CC1=O)C[C@H](O)C[C@@H]2C. The number of hydrogen-bond acceptors (Lipinski definition) is 4. The summed E-state index contributed by atoms with van der Waals surface area (Å²) < 4.78 is 4.68. The Labute approximate surface area is 119 Å². The third kappa shape index (κ3) is 2.33. The summed E-state index contributed by atoms with van der Waals surface area (Å²) in [5, 5.41) is 9.88. The molecule has 4 nitrogen and oxygen atoms in total. The number of carbonyl (C=O) groups excluding carboxylic acids is 2. The number of fused-ring (bicyclic) bond motifs is 1. The molecule has 0 aromatic rings. The highest BCUT2D eigenvalue weighted by Crippen LogP contribution is 2.52. The smallest absolute Gasteiger partial charge is 0.333 e. The minimum Gasteiger partial charge on any atom is -0.466 e. The summed E-state index contributed by atoms with van der Waals surface area (Å²) in [5.41, 5.74) is 1.07. The third-order valence-corrected chi connectivity index (χ3v) is 5.06. The van der Waals surface area contributed by atoms with Crippen molar-refractivity contribution in [2.45, 2.75) is 39.2 Å². The van der Waals surface area contributed by atoms with Gasteiger partial charge in [0.25, 0.3) is 0 Å². The van der Waals surface area contributed by atoms with Crippen LogP contribution in [0.25, 0.3) is 0 Å². The first-order valence-electron chi connectivity index (χ1n) is 6.99. The van der Waals surface area contributed by atoms with E-state index in [1.807, 2.05) is 0 Å². The van der Waals surface area contributed by atoms with Crippen LogP contribution in [0.5, 0.6) is 0 Å². The summed E-state index contributed by atoms with van der Waals surface area (Å²) in [4.78, 5) is 23.9. The molecule has 0 aliphatic heterocycles. The van der Waals surface area contributed by atoms with E-state index in [4.69, 9.17) is 0 Å². The number of allylic oxidation sites excluding steroid dienone is 1. The van der Waals surface area contributed by atoms with E-state index in [1.165, 1.54) is 7.11 Å². The van der Waals surface area contributed by atoms with Crippen LogP contribution in [0.3, 0.4) is 0 Å². The Kier molecular flexibility index (Phi) is 3.87. The third-order valence-electron chi connectivity index (χ3n) is 5.06. The number of ether oxygens (including phenoxy) is 1. The predicted octanol–water partition coefficient (Wildman–Crippen LogP) is 2.03. The molecule has 0 aromatic carbocycles. The lowest BCUT2D eigenvalue weighted by Crippen LogP contribution is -2.43. The van der Waals surface area contributed by atoms with Gasteiger partial charge in [-0.15, -0.1) is 0 Å². The van der Waals surface area contributed by atoms with Crippen molar-refractivity contribution in [1.29, 1.82) is 0 Å².